The van der Waals surface area contributed by atoms with E-state index in [0.717, 1.165) is 19.6 Å². The van der Waals surface area contributed by atoms with Gasteiger partial charge in [-0.15, -0.1) is 0 Å². The van der Waals surface area contributed by atoms with Crippen molar-refractivity contribution < 1.29 is 9.53 Å². The summed E-state index contributed by atoms with van der Waals surface area (Å²) in [6.45, 7) is 14.6. The lowest BCUT2D eigenvalue weighted by Crippen LogP contribution is -2.41. The molecule has 0 atom stereocenters. The summed E-state index contributed by atoms with van der Waals surface area (Å²) in [5.41, 5.74) is 0.681. The van der Waals surface area contributed by atoms with E-state index in [2.05, 4.69) is 39.0 Å². The lowest BCUT2D eigenvalue weighted by molar-refractivity contribution is 0.272. The van der Waals surface area contributed by atoms with Crippen LogP contribution in [-0.4, -0.2) is 29.8 Å². The molecule has 0 aromatic carbocycles. The maximum atomic E-state index is 9.42. The molecule has 4 nitrogen and oxygen atoms in total. The van der Waals surface area contributed by atoms with Gasteiger partial charge in [0, 0.05) is 13.2 Å². The summed E-state index contributed by atoms with van der Waals surface area (Å²) in [5.74, 6) is 0.264. The Kier molecular flexibility index (Phi) is 4.61. The van der Waals surface area contributed by atoms with Crippen molar-refractivity contribution in [1.29, 1.82) is 0 Å². The zero-order valence-electron chi connectivity index (χ0n) is 12.4. The second-order valence-electron chi connectivity index (χ2n) is 6.33. The first-order valence-electron chi connectivity index (χ1n) is 6.50. The zero-order valence-corrected chi connectivity index (χ0v) is 13.4. The molecule has 18 heavy (non-hydrogen) atoms. The summed E-state index contributed by atoms with van der Waals surface area (Å²) in [7, 11) is -1.63. The smallest absolute Gasteiger partial charge is 0.191 e. The average Bonchev–Trinajstić information content (AvgIpc) is 2.52. The van der Waals surface area contributed by atoms with E-state index in [1.54, 1.807) is 17.8 Å². The van der Waals surface area contributed by atoms with Gasteiger partial charge in [-0.1, -0.05) is 20.8 Å². The van der Waals surface area contributed by atoms with Crippen LogP contribution in [0.4, 0.5) is 0 Å². The summed E-state index contributed by atoms with van der Waals surface area (Å²) in [6, 6.07) is 0. The molecule has 0 aliphatic heterocycles. The van der Waals surface area contributed by atoms with Gasteiger partial charge in [0.05, 0.1) is 6.20 Å². The van der Waals surface area contributed by atoms with Gasteiger partial charge in [0.25, 0.3) is 0 Å². The normalized spacial score (nSPS) is 13.0. The van der Waals surface area contributed by atoms with Gasteiger partial charge in [-0.3, -0.25) is 4.68 Å². The number of aromatic hydroxyl groups is 1. The Morgan fingerprint density at radius 2 is 2.00 bits per heavy atom. The van der Waals surface area contributed by atoms with Crippen molar-refractivity contribution in [3.8, 4) is 5.75 Å². The molecule has 0 unspecified atom stereocenters. The van der Waals surface area contributed by atoms with Crippen molar-refractivity contribution >= 4 is 8.32 Å². The van der Waals surface area contributed by atoms with Crippen molar-refractivity contribution in [1.82, 2.24) is 9.78 Å². The van der Waals surface area contributed by atoms with Crippen molar-refractivity contribution in [2.24, 2.45) is 0 Å². The van der Waals surface area contributed by atoms with Crippen LogP contribution < -0.4 is 0 Å². The quantitative estimate of drug-likeness (QED) is 0.659. The fourth-order valence-electron chi connectivity index (χ4n) is 1.39. The van der Waals surface area contributed by atoms with E-state index in [-0.39, 0.29) is 10.8 Å². The molecular formula is C13H26N2O2Si. The number of aryl methyl sites for hydroxylation is 2. The predicted molar refractivity (Wildman–Crippen MR) is 76.4 cm³/mol. The zero-order chi connectivity index (χ0) is 14.0. The van der Waals surface area contributed by atoms with Crippen molar-refractivity contribution in [2.45, 2.75) is 58.8 Å². The summed E-state index contributed by atoms with van der Waals surface area (Å²) in [5, 5.41) is 13.9. The lowest BCUT2D eigenvalue weighted by atomic mass is 10.2. The van der Waals surface area contributed by atoms with E-state index in [1.807, 2.05) is 0 Å². The fraction of sp³-hybridized carbons (Fsp3) is 0.769. The van der Waals surface area contributed by atoms with Gasteiger partial charge in [-0.25, -0.2) is 0 Å². The summed E-state index contributed by atoms with van der Waals surface area (Å²) in [4.78, 5) is 0. The first-order chi connectivity index (χ1) is 8.13. The molecular weight excluding hydrogens is 244 g/mol. The molecule has 0 radical (unpaired) electrons. The minimum absolute atomic E-state index is 0.257. The maximum Gasteiger partial charge on any atom is 0.191 e. The molecule has 1 heterocycles. The summed E-state index contributed by atoms with van der Waals surface area (Å²) >= 11 is 0. The van der Waals surface area contributed by atoms with Gasteiger partial charge >= 0.3 is 0 Å². The van der Waals surface area contributed by atoms with Gasteiger partial charge in [0.2, 0.25) is 0 Å². The van der Waals surface area contributed by atoms with Crippen LogP contribution in [0.3, 0.4) is 0 Å². The Balaban J connectivity index is 2.35. The number of aromatic nitrogens is 2. The number of hydrogen-bond donors (Lipinski definition) is 1. The minimum Gasteiger partial charge on any atom is -0.504 e. The largest absolute Gasteiger partial charge is 0.504 e. The van der Waals surface area contributed by atoms with E-state index in [0.29, 0.717) is 5.69 Å². The molecule has 104 valence electrons. The third kappa shape index (κ3) is 3.85. The summed E-state index contributed by atoms with van der Waals surface area (Å²) in [6.07, 6.45) is 2.59. The molecule has 1 rings (SSSR count). The van der Waals surface area contributed by atoms with Crippen molar-refractivity contribution in [3.05, 3.63) is 11.9 Å². The minimum atomic E-state index is -1.63. The van der Waals surface area contributed by atoms with Crippen LogP contribution in [-0.2, 0) is 11.0 Å². The van der Waals surface area contributed by atoms with Crippen LogP contribution in [0.15, 0.2) is 6.20 Å². The van der Waals surface area contributed by atoms with E-state index in [9.17, 15) is 5.11 Å². The van der Waals surface area contributed by atoms with Gasteiger partial charge < -0.3 is 9.53 Å². The Morgan fingerprint density at radius 1 is 1.39 bits per heavy atom. The van der Waals surface area contributed by atoms with Crippen LogP contribution in [0.2, 0.25) is 18.1 Å². The first-order valence-corrected chi connectivity index (χ1v) is 9.41. The SMILES string of the molecule is Cc1nn(CCCO[Si](C)(C)C(C)(C)C)cc1O. The molecule has 1 N–H and O–H groups in total. The number of hydrogen-bond acceptors (Lipinski definition) is 3. The monoisotopic (exact) mass is 270 g/mol. The van der Waals surface area contributed by atoms with Crippen LogP contribution in [0.5, 0.6) is 5.75 Å². The highest BCUT2D eigenvalue weighted by atomic mass is 28.4. The van der Waals surface area contributed by atoms with Gasteiger partial charge in [-0.05, 0) is 31.5 Å². The third-order valence-corrected chi connectivity index (χ3v) is 8.26. The molecule has 5 heteroatoms. The van der Waals surface area contributed by atoms with Crippen LogP contribution in [0.1, 0.15) is 32.9 Å². The highest BCUT2D eigenvalue weighted by Gasteiger charge is 2.36. The molecule has 0 aliphatic carbocycles. The fourth-order valence-corrected chi connectivity index (χ4v) is 2.48. The lowest BCUT2D eigenvalue weighted by Gasteiger charge is -2.36. The third-order valence-electron chi connectivity index (χ3n) is 3.72. The van der Waals surface area contributed by atoms with E-state index >= 15 is 0 Å². The molecule has 0 saturated carbocycles. The Bertz CT molecular complexity index is 375. The van der Waals surface area contributed by atoms with Crippen molar-refractivity contribution in [3.63, 3.8) is 0 Å². The number of rotatable bonds is 5. The topological polar surface area (TPSA) is 47.3 Å². The van der Waals surface area contributed by atoms with Crippen molar-refractivity contribution in [2.75, 3.05) is 6.61 Å². The van der Waals surface area contributed by atoms with E-state index in [4.69, 9.17) is 4.43 Å². The van der Waals surface area contributed by atoms with Crippen LogP contribution in [0, 0.1) is 6.92 Å². The average molecular weight is 270 g/mol. The molecule has 0 saturated heterocycles. The second-order valence-corrected chi connectivity index (χ2v) is 11.1. The standard InChI is InChI=1S/C13H26N2O2Si/c1-11-12(16)10-15(14-11)8-7-9-17-18(5,6)13(2,3)4/h10,16H,7-9H2,1-6H3. The second kappa shape index (κ2) is 5.44. The highest BCUT2D eigenvalue weighted by molar-refractivity contribution is 6.74. The van der Waals surface area contributed by atoms with Gasteiger partial charge in [0.1, 0.15) is 5.69 Å². The molecule has 1 aromatic rings. The molecule has 0 amide bonds. The Hall–Kier alpha value is -0.813. The summed E-state index contributed by atoms with van der Waals surface area (Å²) < 4.78 is 7.87. The first kappa shape index (κ1) is 15.2. The molecule has 0 bridgehead atoms. The Morgan fingerprint density at radius 3 is 2.44 bits per heavy atom. The van der Waals surface area contributed by atoms with E-state index < -0.39 is 8.32 Å². The predicted octanol–water partition coefficient (Wildman–Crippen LogP) is 3.31. The number of nitrogens with zero attached hydrogens (tertiary/aromatic N) is 2. The molecule has 0 aliphatic rings. The molecule has 0 fully saturated rings. The molecule has 0 spiro atoms. The van der Waals surface area contributed by atoms with E-state index in [1.165, 1.54) is 0 Å². The Labute approximate surface area is 111 Å². The van der Waals surface area contributed by atoms with Gasteiger partial charge in [-0.2, -0.15) is 5.10 Å². The van der Waals surface area contributed by atoms with Crippen LogP contribution in [0.25, 0.3) is 0 Å². The highest BCUT2D eigenvalue weighted by Crippen LogP contribution is 2.36. The maximum absolute atomic E-state index is 9.42. The molecule has 1 aromatic heterocycles. The van der Waals surface area contributed by atoms with Gasteiger partial charge in [0.15, 0.2) is 14.1 Å². The van der Waals surface area contributed by atoms with Crippen LogP contribution >= 0.6 is 0 Å².